The standard InChI is InChI=1S/C22H18N4O2/c1-27-16-7-3-14(4-8-16)19-18(11-23)21(26)22(12-24,13-25)20(19)15-5-9-17(28-2)10-6-15/h3-10,19-20H,26H2,1-2H3/t19-,20-/m0/s1. The van der Waals surface area contributed by atoms with Crippen LogP contribution in [0.5, 0.6) is 11.5 Å². The molecule has 0 bridgehead atoms. The molecule has 0 radical (unpaired) electrons. The van der Waals surface area contributed by atoms with Crippen LogP contribution >= 0.6 is 0 Å². The summed E-state index contributed by atoms with van der Waals surface area (Å²) in [7, 11) is 3.13. The van der Waals surface area contributed by atoms with Crippen molar-refractivity contribution in [2.24, 2.45) is 11.1 Å². The second-order valence-corrected chi connectivity index (χ2v) is 6.47. The van der Waals surface area contributed by atoms with Crippen LogP contribution in [-0.4, -0.2) is 14.2 Å². The average molecular weight is 370 g/mol. The maximum absolute atomic E-state index is 9.94. The Morgan fingerprint density at radius 2 is 1.29 bits per heavy atom. The molecular formula is C22H18N4O2. The molecule has 0 aliphatic heterocycles. The summed E-state index contributed by atoms with van der Waals surface area (Å²) in [4.78, 5) is 0. The highest BCUT2D eigenvalue weighted by Crippen LogP contribution is 2.57. The van der Waals surface area contributed by atoms with E-state index in [1.54, 1.807) is 50.6 Å². The van der Waals surface area contributed by atoms with E-state index in [4.69, 9.17) is 15.2 Å². The van der Waals surface area contributed by atoms with Crippen molar-refractivity contribution in [1.29, 1.82) is 15.8 Å². The first-order valence-electron chi connectivity index (χ1n) is 8.57. The summed E-state index contributed by atoms with van der Waals surface area (Å²) >= 11 is 0. The molecule has 0 fully saturated rings. The van der Waals surface area contributed by atoms with E-state index in [0.717, 1.165) is 11.1 Å². The van der Waals surface area contributed by atoms with E-state index in [2.05, 4.69) is 18.2 Å². The third kappa shape index (κ3) is 2.71. The monoisotopic (exact) mass is 370 g/mol. The van der Waals surface area contributed by atoms with Crippen molar-refractivity contribution in [2.45, 2.75) is 11.8 Å². The van der Waals surface area contributed by atoms with Gasteiger partial charge < -0.3 is 15.2 Å². The van der Waals surface area contributed by atoms with Gasteiger partial charge in [0.25, 0.3) is 0 Å². The Morgan fingerprint density at radius 3 is 1.68 bits per heavy atom. The lowest BCUT2D eigenvalue weighted by molar-refractivity contribution is 0.413. The molecule has 0 amide bonds. The van der Waals surface area contributed by atoms with E-state index in [0.29, 0.717) is 11.5 Å². The highest BCUT2D eigenvalue weighted by Gasteiger charge is 2.56. The normalized spacial score (nSPS) is 20.0. The van der Waals surface area contributed by atoms with E-state index >= 15 is 0 Å². The number of hydrogen-bond acceptors (Lipinski definition) is 6. The third-order valence-electron chi connectivity index (χ3n) is 5.25. The van der Waals surface area contributed by atoms with E-state index in [1.165, 1.54) is 0 Å². The first kappa shape index (κ1) is 18.8. The van der Waals surface area contributed by atoms with Crippen LogP contribution in [0.1, 0.15) is 23.0 Å². The maximum Gasteiger partial charge on any atom is 0.191 e. The lowest BCUT2D eigenvalue weighted by Gasteiger charge is -2.28. The van der Waals surface area contributed by atoms with Gasteiger partial charge in [-0.1, -0.05) is 24.3 Å². The minimum absolute atomic E-state index is 0.0154. The van der Waals surface area contributed by atoms with Crippen LogP contribution in [0, 0.1) is 39.4 Å². The Labute approximate surface area is 163 Å². The van der Waals surface area contributed by atoms with Crippen molar-refractivity contribution in [3.05, 3.63) is 70.9 Å². The molecule has 28 heavy (non-hydrogen) atoms. The minimum Gasteiger partial charge on any atom is -0.497 e. The first-order valence-corrected chi connectivity index (χ1v) is 8.57. The summed E-state index contributed by atoms with van der Waals surface area (Å²) in [6.07, 6.45) is 0. The molecule has 2 aromatic carbocycles. The average Bonchev–Trinajstić information content (AvgIpc) is 3.01. The van der Waals surface area contributed by atoms with Crippen molar-refractivity contribution in [1.82, 2.24) is 0 Å². The fourth-order valence-electron chi connectivity index (χ4n) is 3.80. The van der Waals surface area contributed by atoms with Gasteiger partial charge in [0.1, 0.15) is 11.5 Å². The van der Waals surface area contributed by atoms with Crippen molar-refractivity contribution >= 4 is 0 Å². The zero-order valence-corrected chi connectivity index (χ0v) is 15.5. The Kier molecular flexibility index (Phi) is 4.94. The molecule has 0 unspecified atom stereocenters. The van der Waals surface area contributed by atoms with Crippen LogP contribution in [0.3, 0.4) is 0 Å². The fourth-order valence-corrected chi connectivity index (χ4v) is 3.80. The number of methoxy groups -OCH3 is 2. The summed E-state index contributed by atoms with van der Waals surface area (Å²) < 4.78 is 10.4. The summed E-state index contributed by atoms with van der Waals surface area (Å²) in [5.41, 5.74) is 6.37. The molecule has 2 aromatic rings. The van der Waals surface area contributed by atoms with Crippen LogP contribution in [-0.2, 0) is 0 Å². The molecule has 0 aromatic heterocycles. The fraction of sp³-hybridized carbons (Fsp3) is 0.227. The lowest BCUT2D eigenvalue weighted by atomic mass is 9.69. The van der Waals surface area contributed by atoms with Gasteiger partial charge in [-0.3, -0.25) is 0 Å². The zero-order valence-electron chi connectivity index (χ0n) is 15.5. The Bertz CT molecular complexity index is 1020. The van der Waals surface area contributed by atoms with Crippen LogP contribution in [0.25, 0.3) is 0 Å². The Morgan fingerprint density at radius 1 is 0.821 bits per heavy atom. The van der Waals surface area contributed by atoms with Gasteiger partial charge in [0.15, 0.2) is 5.41 Å². The largest absolute Gasteiger partial charge is 0.497 e. The van der Waals surface area contributed by atoms with Crippen LogP contribution in [0.4, 0.5) is 0 Å². The number of nitrogens with two attached hydrogens (primary N) is 1. The van der Waals surface area contributed by atoms with Crippen LogP contribution in [0.15, 0.2) is 59.8 Å². The Balaban J connectivity index is 2.24. The highest BCUT2D eigenvalue weighted by molar-refractivity contribution is 5.59. The van der Waals surface area contributed by atoms with Crippen molar-refractivity contribution in [2.75, 3.05) is 14.2 Å². The van der Waals surface area contributed by atoms with Gasteiger partial charge in [-0.15, -0.1) is 0 Å². The van der Waals surface area contributed by atoms with Gasteiger partial charge in [0, 0.05) is 11.8 Å². The van der Waals surface area contributed by atoms with Gasteiger partial charge >= 0.3 is 0 Å². The predicted molar refractivity (Wildman–Crippen MR) is 102 cm³/mol. The summed E-state index contributed by atoms with van der Waals surface area (Å²) in [6.45, 7) is 0. The Hall–Kier alpha value is -3.95. The number of rotatable bonds is 4. The van der Waals surface area contributed by atoms with Crippen LogP contribution < -0.4 is 15.2 Å². The number of nitrogens with zero attached hydrogens (tertiary/aromatic N) is 3. The van der Waals surface area contributed by atoms with E-state index in [1.807, 2.05) is 12.1 Å². The molecule has 2 N–H and O–H groups in total. The summed E-state index contributed by atoms with van der Waals surface area (Å²) in [5.74, 6) is 0.175. The van der Waals surface area contributed by atoms with Gasteiger partial charge in [0.2, 0.25) is 0 Å². The molecule has 138 valence electrons. The third-order valence-corrected chi connectivity index (χ3v) is 5.25. The molecule has 2 atom stereocenters. The summed E-state index contributed by atoms with van der Waals surface area (Å²) in [5, 5.41) is 29.7. The molecule has 0 saturated carbocycles. The van der Waals surface area contributed by atoms with Gasteiger partial charge in [-0.05, 0) is 35.4 Å². The van der Waals surface area contributed by atoms with Crippen molar-refractivity contribution in [3.8, 4) is 29.7 Å². The zero-order chi connectivity index (χ0) is 20.3. The van der Waals surface area contributed by atoms with E-state index < -0.39 is 17.3 Å². The molecule has 1 aliphatic carbocycles. The maximum atomic E-state index is 9.94. The molecular weight excluding hydrogens is 352 g/mol. The van der Waals surface area contributed by atoms with E-state index in [9.17, 15) is 15.8 Å². The first-order chi connectivity index (χ1) is 13.6. The molecule has 6 heteroatoms. The number of ether oxygens (including phenoxy) is 2. The van der Waals surface area contributed by atoms with Crippen LogP contribution in [0.2, 0.25) is 0 Å². The predicted octanol–water partition coefficient (Wildman–Crippen LogP) is 3.35. The van der Waals surface area contributed by atoms with Crippen molar-refractivity contribution < 1.29 is 9.47 Å². The van der Waals surface area contributed by atoms with Crippen molar-refractivity contribution in [3.63, 3.8) is 0 Å². The molecule has 0 saturated heterocycles. The topological polar surface area (TPSA) is 116 Å². The number of benzene rings is 2. The van der Waals surface area contributed by atoms with Gasteiger partial charge in [0.05, 0.1) is 43.7 Å². The van der Waals surface area contributed by atoms with Gasteiger partial charge in [-0.25, -0.2) is 0 Å². The molecule has 6 nitrogen and oxygen atoms in total. The molecule has 1 aliphatic rings. The number of allylic oxidation sites excluding steroid dienone is 2. The summed E-state index contributed by atoms with van der Waals surface area (Å²) in [6, 6.07) is 20.7. The smallest absolute Gasteiger partial charge is 0.191 e. The highest BCUT2D eigenvalue weighted by atomic mass is 16.5. The quantitative estimate of drug-likeness (QED) is 0.882. The molecule has 0 spiro atoms. The number of hydrogen-bond donors (Lipinski definition) is 1. The lowest BCUT2D eigenvalue weighted by Crippen LogP contribution is -2.29. The second-order valence-electron chi connectivity index (χ2n) is 6.47. The second kappa shape index (κ2) is 7.35. The van der Waals surface area contributed by atoms with E-state index in [-0.39, 0.29) is 11.3 Å². The molecule has 3 rings (SSSR count). The molecule has 0 heterocycles. The SMILES string of the molecule is COc1ccc([C@H]2C(C#N)=C(N)C(C#N)(C#N)[C@H]2c2ccc(OC)cc2)cc1. The minimum atomic E-state index is -1.63. The van der Waals surface area contributed by atoms with Gasteiger partial charge in [-0.2, -0.15) is 15.8 Å². The number of nitriles is 3.